The fourth-order valence-electron chi connectivity index (χ4n) is 1.45. The highest BCUT2D eigenvalue weighted by Gasteiger charge is 2.06. The summed E-state index contributed by atoms with van der Waals surface area (Å²) in [5.74, 6) is -0.00308. The summed E-state index contributed by atoms with van der Waals surface area (Å²) in [4.78, 5) is 11.2. The highest BCUT2D eigenvalue weighted by atomic mass is 79.9. The number of nitrogens with two attached hydrogens (primary N) is 1. The van der Waals surface area contributed by atoms with Crippen LogP contribution >= 0.6 is 15.9 Å². The summed E-state index contributed by atoms with van der Waals surface area (Å²) in [7, 11) is 0. The summed E-state index contributed by atoms with van der Waals surface area (Å²) in [5, 5.41) is 0.973. The first-order valence-corrected chi connectivity index (χ1v) is 4.96. The molecule has 1 aromatic heterocycles. The normalized spacial score (nSPS) is 10.7. The molecular formula is C10H9BrN2O. The Hall–Kier alpha value is -1.29. The Morgan fingerprint density at radius 3 is 2.86 bits per heavy atom. The maximum Gasteiger partial charge on any atom is 0.227 e. The van der Waals surface area contributed by atoms with Crippen LogP contribution in [0.15, 0.2) is 28.9 Å². The topological polar surface area (TPSA) is 48.0 Å². The molecule has 0 bridgehead atoms. The smallest absolute Gasteiger partial charge is 0.227 e. The number of nitrogens with zero attached hydrogens (tertiary/aromatic N) is 1. The molecule has 0 aliphatic heterocycles. The van der Waals surface area contributed by atoms with Gasteiger partial charge in [0.2, 0.25) is 5.91 Å². The van der Waals surface area contributed by atoms with Crippen molar-refractivity contribution in [2.45, 2.75) is 6.92 Å². The summed E-state index contributed by atoms with van der Waals surface area (Å²) >= 11 is 3.33. The number of rotatable bonds is 0. The summed E-state index contributed by atoms with van der Waals surface area (Å²) in [6.07, 6.45) is 1.75. The van der Waals surface area contributed by atoms with Crippen molar-refractivity contribution in [2.75, 3.05) is 5.73 Å². The molecule has 0 unspecified atom stereocenters. The van der Waals surface area contributed by atoms with E-state index in [4.69, 9.17) is 5.73 Å². The van der Waals surface area contributed by atoms with Gasteiger partial charge in [0.05, 0.1) is 5.52 Å². The minimum atomic E-state index is -0.00308. The van der Waals surface area contributed by atoms with Gasteiger partial charge < -0.3 is 5.73 Å². The van der Waals surface area contributed by atoms with Gasteiger partial charge in [-0.3, -0.25) is 9.36 Å². The van der Waals surface area contributed by atoms with Crippen molar-refractivity contribution in [3.05, 3.63) is 28.9 Å². The second-order valence-electron chi connectivity index (χ2n) is 3.14. The molecule has 14 heavy (non-hydrogen) atoms. The third-order valence-electron chi connectivity index (χ3n) is 2.15. The van der Waals surface area contributed by atoms with E-state index in [2.05, 4.69) is 15.9 Å². The molecule has 2 aromatic rings. The zero-order valence-corrected chi connectivity index (χ0v) is 9.21. The van der Waals surface area contributed by atoms with Crippen molar-refractivity contribution in [3.63, 3.8) is 0 Å². The first-order valence-electron chi connectivity index (χ1n) is 4.16. The zero-order chi connectivity index (χ0) is 10.3. The molecule has 0 spiro atoms. The van der Waals surface area contributed by atoms with Crippen LogP contribution in [0, 0.1) is 0 Å². The molecule has 0 aliphatic carbocycles. The fraction of sp³-hybridized carbons (Fsp3) is 0.100. The average molecular weight is 253 g/mol. The van der Waals surface area contributed by atoms with Crippen molar-refractivity contribution < 1.29 is 4.79 Å². The van der Waals surface area contributed by atoms with Crippen molar-refractivity contribution in [1.82, 2.24) is 4.57 Å². The third-order valence-corrected chi connectivity index (χ3v) is 2.83. The van der Waals surface area contributed by atoms with Crippen molar-refractivity contribution in [3.8, 4) is 0 Å². The van der Waals surface area contributed by atoms with Gasteiger partial charge in [0.1, 0.15) is 0 Å². The van der Waals surface area contributed by atoms with Gasteiger partial charge >= 0.3 is 0 Å². The van der Waals surface area contributed by atoms with Crippen LogP contribution in [0.4, 0.5) is 5.69 Å². The van der Waals surface area contributed by atoms with Crippen molar-refractivity contribution in [1.29, 1.82) is 0 Å². The van der Waals surface area contributed by atoms with Crippen LogP contribution in [-0.4, -0.2) is 10.5 Å². The molecule has 0 aliphatic rings. The van der Waals surface area contributed by atoms with Gasteiger partial charge in [-0.05, 0) is 34.1 Å². The van der Waals surface area contributed by atoms with Gasteiger partial charge in [0.25, 0.3) is 0 Å². The number of fused-ring (bicyclic) bond motifs is 1. The second-order valence-corrected chi connectivity index (χ2v) is 3.99. The quantitative estimate of drug-likeness (QED) is 0.733. The van der Waals surface area contributed by atoms with Gasteiger partial charge in [0.15, 0.2) is 0 Å². The summed E-state index contributed by atoms with van der Waals surface area (Å²) in [6, 6.07) is 5.57. The van der Waals surface area contributed by atoms with E-state index in [1.165, 1.54) is 6.92 Å². The lowest BCUT2D eigenvalue weighted by molar-refractivity contribution is 0.0941. The third kappa shape index (κ3) is 1.32. The van der Waals surface area contributed by atoms with E-state index in [0.29, 0.717) is 5.69 Å². The second kappa shape index (κ2) is 3.13. The number of hydrogen-bond acceptors (Lipinski definition) is 2. The number of anilines is 1. The molecule has 0 radical (unpaired) electrons. The summed E-state index contributed by atoms with van der Waals surface area (Å²) < 4.78 is 2.41. The molecule has 4 heteroatoms. The number of carbonyl (C=O) groups is 1. The summed E-state index contributed by atoms with van der Waals surface area (Å²) in [5.41, 5.74) is 7.28. The van der Waals surface area contributed by atoms with Gasteiger partial charge in [-0.2, -0.15) is 0 Å². The Balaban J connectivity index is 2.80. The number of carbonyl (C=O) groups excluding carboxylic acids is 1. The standard InChI is InChI=1S/C10H9BrN2O/c1-6(14)13-3-2-7-4-9(12)8(11)5-10(7)13/h2-5H,12H2,1H3. The lowest BCUT2D eigenvalue weighted by Gasteiger charge is -2.02. The Morgan fingerprint density at radius 1 is 1.50 bits per heavy atom. The first-order chi connectivity index (χ1) is 6.59. The number of aromatic nitrogens is 1. The van der Waals surface area contributed by atoms with E-state index >= 15 is 0 Å². The van der Waals surface area contributed by atoms with E-state index in [-0.39, 0.29) is 5.91 Å². The summed E-state index contributed by atoms with van der Waals surface area (Å²) in [6.45, 7) is 1.53. The maximum absolute atomic E-state index is 11.2. The molecule has 2 N–H and O–H groups in total. The Bertz CT molecular complexity index is 516. The average Bonchev–Trinajstić information content (AvgIpc) is 2.48. The van der Waals surface area contributed by atoms with Crippen LogP contribution < -0.4 is 5.73 Å². The van der Waals surface area contributed by atoms with Crippen LogP contribution in [0.2, 0.25) is 0 Å². The molecule has 0 atom stereocenters. The lowest BCUT2D eigenvalue weighted by atomic mass is 10.2. The van der Waals surface area contributed by atoms with Crippen LogP contribution in [0.3, 0.4) is 0 Å². The largest absolute Gasteiger partial charge is 0.398 e. The van der Waals surface area contributed by atoms with Gasteiger partial charge in [-0.15, -0.1) is 0 Å². The zero-order valence-electron chi connectivity index (χ0n) is 7.62. The fourth-order valence-corrected chi connectivity index (χ4v) is 1.78. The van der Waals surface area contributed by atoms with Crippen LogP contribution in [0.25, 0.3) is 10.9 Å². The highest BCUT2D eigenvalue weighted by molar-refractivity contribution is 9.10. The molecule has 1 aromatic carbocycles. The number of halogens is 1. The van der Waals surface area contributed by atoms with E-state index < -0.39 is 0 Å². The van der Waals surface area contributed by atoms with Crippen LogP contribution in [0.5, 0.6) is 0 Å². The molecule has 72 valence electrons. The highest BCUT2D eigenvalue weighted by Crippen LogP contribution is 2.26. The minimum Gasteiger partial charge on any atom is -0.398 e. The lowest BCUT2D eigenvalue weighted by Crippen LogP contribution is -2.02. The van der Waals surface area contributed by atoms with Gasteiger partial charge in [-0.25, -0.2) is 0 Å². The predicted molar refractivity (Wildman–Crippen MR) is 60.4 cm³/mol. The Labute approximate surface area is 89.6 Å². The molecule has 0 fully saturated rings. The minimum absolute atomic E-state index is 0.00308. The molecule has 2 rings (SSSR count). The van der Waals surface area contributed by atoms with Gasteiger partial charge in [0, 0.05) is 28.7 Å². The Morgan fingerprint density at radius 2 is 2.21 bits per heavy atom. The predicted octanol–water partition coefficient (Wildman–Crippen LogP) is 2.65. The molecule has 3 nitrogen and oxygen atoms in total. The number of nitrogen functional groups attached to an aromatic ring is 1. The van der Waals surface area contributed by atoms with E-state index in [0.717, 1.165) is 15.4 Å². The van der Waals surface area contributed by atoms with Crippen LogP contribution in [0.1, 0.15) is 11.7 Å². The maximum atomic E-state index is 11.2. The number of hydrogen-bond donors (Lipinski definition) is 1. The van der Waals surface area contributed by atoms with Crippen molar-refractivity contribution >= 4 is 38.4 Å². The molecule has 0 saturated heterocycles. The van der Waals surface area contributed by atoms with Crippen molar-refractivity contribution in [2.24, 2.45) is 0 Å². The first kappa shape index (κ1) is 9.27. The molecule has 0 saturated carbocycles. The van der Waals surface area contributed by atoms with E-state index in [1.54, 1.807) is 10.8 Å². The van der Waals surface area contributed by atoms with Gasteiger partial charge in [-0.1, -0.05) is 0 Å². The monoisotopic (exact) mass is 252 g/mol. The SMILES string of the molecule is CC(=O)n1ccc2cc(N)c(Br)cc21. The molecule has 1 heterocycles. The van der Waals surface area contributed by atoms with Crippen LogP contribution in [-0.2, 0) is 0 Å². The molecule has 0 amide bonds. The van der Waals surface area contributed by atoms with E-state index in [9.17, 15) is 4.79 Å². The number of benzene rings is 1. The van der Waals surface area contributed by atoms with E-state index in [1.807, 2.05) is 18.2 Å². The Kier molecular flexibility index (Phi) is 2.07. The molecular weight excluding hydrogens is 244 g/mol.